The van der Waals surface area contributed by atoms with Crippen molar-refractivity contribution in [2.45, 2.75) is 39.7 Å². The Hall–Kier alpha value is -2.83. The summed E-state index contributed by atoms with van der Waals surface area (Å²) in [5.74, 6) is 0.742. The lowest BCUT2D eigenvalue weighted by atomic mass is 9.87. The van der Waals surface area contributed by atoms with Gasteiger partial charge in [-0.2, -0.15) is 0 Å². The second-order valence-corrected chi connectivity index (χ2v) is 6.67. The van der Waals surface area contributed by atoms with E-state index in [1.807, 2.05) is 33.8 Å². The lowest BCUT2D eigenvalue weighted by Gasteiger charge is -2.17. The minimum absolute atomic E-state index is 0.00989. The average Bonchev–Trinajstić information content (AvgIpc) is 3.16. The summed E-state index contributed by atoms with van der Waals surface area (Å²) in [7, 11) is 1.77. The summed E-state index contributed by atoms with van der Waals surface area (Å²) in [6, 6.07) is 4.07. The highest BCUT2D eigenvalue weighted by molar-refractivity contribution is 5.96. The molecular weight excluding hydrogens is 320 g/mol. The van der Waals surface area contributed by atoms with Crippen LogP contribution in [-0.2, 0) is 11.9 Å². The molecule has 0 spiro atoms. The van der Waals surface area contributed by atoms with E-state index in [0.717, 1.165) is 44.9 Å². The molecule has 4 rings (SSSR count). The first kappa shape index (κ1) is 15.7. The minimum Gasteiger partial charge on any atom is -0.392 e. The predicted octanol–water partition coefficient (Wildman–Crippen LogP) is 3.02. The van der Waals surface area contributed by atoms with Crippen molar-refractivity contribution in [1.82, 2.24) is 14.7 Å². The molecule has 0 bridgehead atoms. The number of fused-ring (bicyclic) bond motifs is 1. The standard InChI is InChI=1S/C18H20N4O3/c1-8-15(10(3)24-20-8)12-6-13(16-9(2)21-25-11(16)4)17-14(7-12)19-18(23)22(17)5/h6-7,11,16H,1-5H3,(H,19,23). The fraction of sp³-hybridized carbons (Fsp3) is 0.389. The van der Waals surface area contributed by atoms with Crippen LogP contribution in [0.4, 0.5) is 0 Å². The van der Waals surface area contributed by atoms with E-state index in [-0.39, 0.29) is 17.7 Å². The third-order valence-corrected chi connectivity index (χ3v) is 4.96. The first-order valence-electron chi connectivity index (χ1n) is 8.24. The van der Waals surface area contributed by atoms with Crippen molar-refractivity contribution >= 4 is 16.7 Å². The largest absolute Gasteiger partial charge is 0.392 e. The summed E-state index contributed by atoms with van der Waals surface area (Å²) >= 11 is 0. The Morgan fingerprint density at radius 3 is 2.60 bits per heavy atom. The zero-order valence-electron chi connectivity index (χ0n) is 14.9. The van der Waals surface area contributed by atoms with E-state index >= 15 is 0 Å². The molecule has 0 radical (unpaired) electrons. The molecule has 7 heteroatoms. The Kier molecular flexibility index (Phi) is 3.35. The van der Waals surface area contributed by atoms with Crippen LogP contribution in [0.1, 0.15) is 36.8 Å². The first-order valence-corrected chi connectivity index (χ1v) is 8.24. The van der Waals surface area contributed by atoms with Gasteiger partial charge in [0.05, 0.1) is 28.4 Å². The molecule has 1 aromatic carbocycles. The molecule has 3 aromatic rings. The molecule has 0 amide bonds. The van der Waals surface area contributed by atoms with Crippen LogP contribution in [0.2, 0.25) is 0 Å². The number of imidazole rings is 1. The molecule has 2 unspecified atom stereocenters. The fourth-order valence-electron chi connectivity index (χ4n) is 3.81. The van der Waals surface area contributed by atoms with Crippen molar-refractivity contribution in [2.24, 2.45) is 12.2 Å². The van der Waals surface area contributed by atoms with E-state index in [9.17, 15) is 4.79 Å². The summed E-state index contributed by atoms with van der Waals surface area (Å²) < 4.78 is 6.96. The molecule has 7 nitrogen and oxygen atoms in total. The number of nitrogens with zero attached hydrogens (tertiary/aromatic N) is 3. The first-order chi connectivity index (χ1) is 11.9. The summed E-state index contributed by atoms with van der Waals surface area (Å²) in [6.45, 7) is 7.75. The predicted molar refractivity (Wildman–Crippen MR) is 94.9 cm³/mol. The monoisotopic (exact) mass is 340 g/mol. The summed E-state index contributed by atoms with van der Waals surface area (Å²) in [4.78, 5) is 20.6. The van der Waals surface area contributed by atoms with Gasteiger partial charge < -0.3 is 14.3 Å². The number of hydrogen-bond donors (Lipinski definition) is 1. The normalized spacial score (nSPS) is 20.1. The maximum absolute atomic E-state index is 12.2. The molecule has 3 heterocycles. The molecule has 2 aromatic heterocycles. The summed E-state index contributed by atoms with van der Waals surface area (Å²) in [5, 5.41) is 8.19. The summed E-state index contributed by atoms with van der Waals surface area (Å²) in [5.41, 5.74) is 6.17. The molecular formula is C18H20N4O3. The number of hydrogen-bond acceptors (Lipinski definition) is 5. The average molecular weight is 340 g/mol. The van der Waals surface area contributed by atoms with Crippen molar-refractivity contribution in [3.63, 3.8) is 0 Å². The number of H-pyrrole nitrogens is 1. The quantitative estimate of drug-likeness (QED) is 0.777. The Morgan fingerprint density at radius 2 is 2.00 bits per heavy atom. The third kappa shape index (κ3) is 2.22. The van der Waals surface area contributed by atoms with Gasteiger partial charge in [-0.1, -0.05) is 10.3 Å². The Balaban J connectivity index is 2.06. The minimum atomic E-state index is -0.145. The van der Waals surface area contributed by atoms with Crippen LogP contribution in [0.25, 0.3) is 22.2 Å². The Morgan fingerprint density at radius 1 is 1.24 bits per heavy atom. The van der Waals surface area contributed by atoms with Crippen LogP contribution in [-0.4, -0.2) is 26.5 Å². The highest BCUT2D eigenvalue weighted by Gasteiger charge is 2.32. The van der Waals surface area contributed by atoms with Crippen LogP contribution >= 0.6 is 0 Å². The molecule has 2 atom stereocenters. The molecule has 0 saturated carbocycles. The second-order valence-electron chi connectivity index (χ2n) is 6.67. The van der Waals surface area contributed by atoms with Gasteiger partial charge in [0.15, 0.2) is 0 Å². The third-order valence-electron chi connectivity index (χ3n) is 4.96. The van der Waals surface area contributed by atoms with E-state index in [4.69, 9.17) is 9.36 Å². The van der Waals surface area contributed by atoms with Crippen molar-refractivity contribution < 1.29 is 9.36 Å². The van der Waals surface area contributed by atoms with Crippen molar-refractivity contribution in [1.29, 1.82) is 0 Å². The number of benzene rings is 1. The maximum atomic E-state index is 12.2. The van der Waals surface area contributed by atoms with Gasteiger partial charge in [-0.25, -0.2) is 4.79 Å². The lowest BCUT2D eigenvalue weighted by Crippen LogP contribution is -2.19. The van der Waals surface area contributed by atoms with Gasteiger partial charge in [0, 0.05) is 12.6 Å². The van der Waals surface area contributed by atoms with E-state index in [0.29, 0.717) is 0 Å². The molecule has 0 aliphatic carbocycles. The van der Waals surface area contributed by atoms with E-state index < -0.39 is 0 Å². The van der Waals surface area contributed by atoms with Gasteiger partial charge in [0.1, 0.15) is 11.9 Å². The van der Waals surface area contributed by atoms with Gasteiger partial charge >= 0.3 is 5.69 Å². The SMILES string of the molecule is CC1=NOC(C)C1c1cc(-c2c(C)noc2C)cc2[nH]c(=O)n(C)c12. The number of aryl methyl sites for hydroxylation is 3. The number of rotatable bonds is 2. The second kappa shape index (κ2) is 5.34. The topological polar surface area (TPSA) is 85.4 Å². The zero-order chi connectivity index (χ0) is 17.9. The molecule has 25 heavy (non-hydrogen) atoms. The highest BCUT2D eigenvalue weighted by atomic mass is 16.6. The van der Waals surface area contributed by atoms with Crippen LogP contribution in [0, 0.1) is 13.8 Å². The van der Waals surface area contributed by atoms with Crippen LogP contribution < -0.4 is 5.69 Å². The van der Waals surface area contributed by atoms with Gasteiger partial charge in [-0.3, -0.25) is 4.57 Å². The highest BCUT2D eigenvalue weighted by Crippen LogP contribution is 2.37. The van der Waals surface area contributed by atoms with Crippen LogP contribution in [0.3, 0.4) is 0 Å². The van der Waals surface area contributed by atoms with E-state index in [1.54, 1.807) is 11.6 Å². The van der Waals surface area contributed by atoms with Gasteiger partial charge in [-0.05, 0) is 51.0 Å². The number of oxime groups is 1. The van der Waals surface area contributed by atoms with E-state index in [1.165, 1.54) is 0 Å². The molecule has 130 valence electrons. The number of nitrogens with one attached hydrogen (secondary N) is 1. The molecule has 1 aliphatic rings. The smallest absolute Gasteiger partial charge is 0.326 e. The Bertz CT molecular complexity index is 1050. The number of aromatic nitrogens is 3. The summed E-state index contributed by atoms with van der Waals surface area (Å²) in [6.07, 6.45) is -0.0897. The molecule has 0 saturated heterocycles. The molecule has 1 N–H and O–H groups in total. The molecule has 1 aliphatic heterocycles. The Labute approximate surface area is 144 Å². The lowest BCUT2D eigenvalue weighted by molar-refractivity contribution is 0.0906. The van der Waals surface area contributed by atoms with Crippen molar-refractivity contribution in [2.75, 3.05) is 0 Å². The van der Waals surface area contributed by atoms with Crippen molar-refractivity contribution in [3.8, 4) is 11.1 Å². The fourth-order valence-corrected chi connectivity index (χ4v) is 3.81. The maximum Gasteiger partial charge on any atom is 0.326 e. The van der Waals surface area contributed by atoms with Gasteiger partial charge in [0.2, 0.25) is 0 Å². The van der Waals surface area contributed by atoms with Crippen LogP contribution in [0.15, 0.2) is 26.6 Å². The van der Waals surface area contributed by atoms with Crippen LogP contribution in [0.5, 0.6) is 0 Å². The van der Waals surface area contributed by atoms with Gasteiger partial charge in [0.25, 0.3) is 0 Å². The van der Waals surface area contributed by atoms with Crippen molar-refractivity contribution in [3.05, 3.63) is 39.6 Å². The number of aromatic amines is 1. The van der Waals surface area contributed by atoms with E-state index in [2.05, 4.69) is 21.4 Å². The zero-order valence-corrected chi connectivity index (χ0v) is 14.9. The molecule has 0 fully saturated rings. The van der Waals surface area contributed by atoms with Gasteiger partial charge in [-0.15, -0.1) is 0 Å².